The summed E-state index contributed by atoms with van der Waals surface area (Å²) < 4.78 is 16.2. The molecule has 0 spiro atoms. The fraction of sp³-hybridized carbons (Fsp3) is 0.190. The van der Waals surface area contributed by atoms with Crippen molar-refractivity contribution < 1.29 is 19.0 Å². The molecule has 0 radical (unpaired) electrons. The first-order valence-corrected chi connectivity index (χ1v) is 9.13. The number of aromatic nitrogens is 2. The normalized spacial score (nSPS) is 12.0. The second-order valence-corrected chi connectivity index (χ2v) is 6.63. The lowest BCUT2D eigenvalue weighted by molar-refractivity contribution is 0.102. The lowest BCUT2D eigenvalue weighted by Crippen LogP contribution is -2.13. The number of nitrogens with one attached hydrogen (secondary N) is 2. The van der Waals surface area contributed by atoms with Crippen LogP contribution in [0.1, 0.15) is 24.2 Å². The highest BCUT2D eigenvalue weighted by molar-refractivity contribution is 6.04. The summed E-state index contributed by atoms with van der Waals surface area (Å²) in [5.74, 6) is 2.13. The molecule has 148 valence electrons. The van der Waals surface area contributed by atoms with Crippen molar-refractivity contribution in [2.75, 3.05) is 17.4 Å². The summed E-state index contributed by atoms with van der Waals surface area (Å²) in [6.07, 6.45) is 3.05. The lowest BCUT2D eigenvalue weighted by Gasteiger charge is -2.10. The number of hydrogen-bond acceptors (Lipinski definition) is 7. The lowest BCUT2D eigenvalue weighted by atomic mass is 10.2. The maximum Gasteiger partial charge on any atom is 0.258 e. The van der Waals surface area contributed by atoms with Crippen LogP contribution >= 0.6 is 0 Å². The van der Waals surface area contributed by atoms with Crippen LogP contribution in [0.3, 0.4) is 0 Å². The molecular formula is C21H20N4O4. The topological polar surface area (TPSA) is 94.6 Å². The van der Waals surface area contributed by atoms with E-state index in [9.17, 15) is 4.79 Å². The molecule has 1 aromatic heterocycles. The first-order chi connectivity index (χ1) is 14.1. The van der Waals surface area contributed by atoms with Gasteiger partial charge in [0.25, 0.3) is 5.91 Å². The first kappa shape index (κ1) is 18.5. The van der Waals surface area contributed by atoms with Crippen LogP contribution in [0.15, 0.2) is 54.9 Å². The molecule has 0 atom stereocenters. The maximum atomic E-state index is 12.4. The zero-order chi connectivity index (χ0) is 20.2. The highest BCUT2D eigenvalue weighted by Gasteiger charge is 2.15. The number of anilines is 3. The Morgan fingerprint density at radius 3 is 2.41 bits per heavy atom. The summed E-state index contributed by atoms with van der Waals surface area (Å²) in [4.78, 5) is 20.8. The Morgan fingerprint density at radius 2 is 1.69 bits per heavy atom. The van der Waals surface area contributed by atoms with Gasteiger partial charge in [0.15, 0.2) is 11.5 Å². The zero-order valence-electron chi connectivity index (χ0n) is 16.0. The molecule has 0 saturated carbocycles. The van der Waals surface area contributed by atoms with E-state index in [4.69, 9.17) is 14.2 Å². The predicted octanol–water partition coefficient (Wildman–Crippen LogP) is 3.99. The maximum absolute atomic E-state index is 12.4. The quantitative estimate of drug-likeness (QED) is 0.655. The van der Waals surface area contributed by atoms with Crippen molar-refractivity contribution in [3.05, 3.63) is 60.4 Å². The highest BCUT2D eigenvalue weighted by Crippen LogP contribution is 2.34. The molecule has 1 amide bonds. The van der Waals surface area contributed by atoms with Gasteiger partial charge in [0.2, 0.25) is 12.7 Å². The second-order valence-electron chi connectivity index (χ2n) is 6.63. The summed E-state index contributed by atoms with van der Waals surface area (Å²) >= 11 is 0. The van der Waals surface area contributed by atoms with Gasteiger partial charge in [0, 0.05) is 29.8 Å². The van der Waals surface area contributed by atoms with E-state index in [2.05, 4.69) is 20.6 Å². The summed E-state index contributed by atoms with van der Waals surface area (Å²) in [7, 11) is 0. The third-order valence-electron chi connectivity index (χ3n) is 4.03. The van der Waals surface area contributed by atoms with Crippen molar-refractivity contribution >= 4 is 23.2 Å². The Morgan fingerprint density at radius 1 is 1.00 bits per heavy atom. The van der Waals surface area contributed by atoms with Crippen LogP contribution in [0.25, 0.3) is 0 Å². The standard InChI is InChI=1S/C21H20N4O4/c1-13(2)29-17-6-3-15(4-7-17)25-21-22-10-14(11-23-21)20(26)24-16-5-8-18-19(9-16)28-12-27-18/h3-11,13H,12H2,1-2H3,(H,24,26)(H,22,23,25). The largest absolute Gasteiger partial charge is 0.491 e. The van der Waals surface area contributed by atoms with Crippen LogP contribution in [-0.2, 0) is 0 Å². The number of hydrogen-bond donors (Lipinski definition) is 2. The molecule has 2 N–H and O–H groups in total. The zero-order valence-corrected chi connectivity index (χ0v) is 16.0. The number of fused-ring (bicyclic) bond motifs is 1. The fourth-order valence-electron chi connectivity index (χ4n) is 2.71. The van der Waals surface area contributed by atoms with E-state index in [1.54, 1.807) is 18.2 Å². The monoisotopic (exact) mass is 392 g/mol. The van der Waals surface area contributed by atoms with Crippen molar-refractivity contribution in [2.24, 2.45) is 0 Å². The van der Waals surface area contributed by atoms with Gasteiger partial charge in [-0.15, -0.1) is 0 Å². The van der Waals surface area contributed by atoms with Gasteiger partial charge in [-0.2, -0.15) is 0 Å². The summed E-state index contributed by atoms with van der Waals surface area (Å²) in [5.41, 5.74) is 1.76. The highest BCUT2D eigenvalue weighted by atomic mass is 16.7. The number of nitrogens with zero attached hydrogens (tertiary/aromatic N) is 2. The summed E-state index contributed by atoms with van der Waals surface area (Å²) in [6, 6.07) is 12.7. The van der Waals surface area contributed by atoms with E-state index in [0.29, 0.717) is 28.7 Å². The van der Waals surface area contributed by atoms with Gasteiger partial charge in [0.05, 0.1) is 11.7 Å². The fourth-order valence-corrected chi connectivity index (χ4v) is 2.71. The molecule has 2 heterocycles. The molecule has 8 nitrogen and oxygen atoms in total. The third-order valence-corrected chi connectivity index (χ3v) is 4.03. The average Bonchev–Trinajstić information content (AvgIpc) is 3.17. The molecule has 4 rings (SSSR count). The van der Waals surface area contributed by atoms with Gasteiger partial charge in [-0.1, -0.05) is 0 Å². The summed E-state index contributed by atoms with van der Waals surface area (Å²) in [5, 5.41) is 5.88. The molecule has 29 heavy (non-hydrogen) atoms. The van der Waals surface area contributed by atoms with Gasteiger partial charge in [-0.25, -0.2) is 9.97 Å². The Bertz CT molecular complexity index is 1000. The Kier molecular flexibility index (Phi) is 5.15. The minimum atomic E-state index is -0.314. The summed E-state index contributed by atoms with van der Waals surface area (Å²) in [6.45, 7) is 4.14. The molecule has 0 unspecified atom stereocenters. The number of amides is 1. The molecular weight excluding hydrogens is 372 g/mol. The van der Waals surface area contributed by atoms with E-state index in [-0.39, 0.29) is 18.8 Å². The smallest absolute Gasteiger partial charge is 0.258 e. The van der Waals surface area contributed by atoms with E-state index in [1.165, 1.54) is 12.4 Å². The SMILES string of the molecule is CC(C)Oc1ccc(Nc2ncc(C(=O)Nc3ccc4c(c3)OCO4)cn2)cc1. The number of carbonyl (C=O) groups excluding carboxylic acids is 1. The molecule has 1 aliphatic rings. The van der Waals surface area contributed by atoms with E-state index in [0.717, 1.165) is 11.4 Å². The molecule has 1 aliphatic heterocycles. The molecule has 0 fully saturated rings. The Balaban J connectivity index is 1.37. The number of benzene rings is 2. The van der Waals surface area contributed by atoms with Crippen LogP contribution in [0.4, 0.5) is 17.3 Å². The van der Waals surface area contributed by atoms with Crippen LogP contribution < -0.4 is 24.8 Å². The third kappa shape index (κ3) is 4.55. The van der Waals surface area contributed by atoms with Gasteiger partial charge in [-0.3, -0.25) is 4.79 Å². The van der Waals surface area contributed by atoms with Gasteiger partial charge >= 0.3 is 0 Å². The Hall–Kier alpha value is -3.81. The van der Waals surface area contributed by atoms with Gasteiger partial charge in [0.1, 0.15) is 5.75 Å². The minimum absolute atomic E-state index is 0.119. The van der Waals surface area contributed by atoms with E-state index >= 15 is 0 Å². The minimum Gasteiger partial charge on any atom is -0.491 e. The van der Waals surface area contributed by atoms with Crippen LogP contribution in [0, 0.1) is 0 Å². The molecule has 0 saturated heterocycles. The average molecular weight is 392 g/mol. The van der Waals surface area contributed by atoms with E-state index in [1.807, 2.05) is 38.1 Å². The second kappa shape index (κ2) is 8.05. The van der Waals surface area contributed by atoms with Crippen LogP contribution in [-0.4, -0.2) is 28.8 Å². The number of rotatable bonds is 6. The van der Waals surface area contributed by atoms with E-state index < -0.39 is 0 Å². The van der Waals surface area contributed by atoms with Gasteiger partial charge in [-0.05, 0) is 50.2 Å². The van der Waals surface area contributed by atoms with Crippen molar-refractivity contribution in [1.29, 1.82) is 0 Å². The van der Waals surface area contributed by atoms with Crippen molar-refractivity contribution in [1.82, 2.24) is 9.97 Å². The number of carbonyl (C=O) groups is 1. The molecule has 8 heteroatoms. The molecule has 0 bridgehead atoms. The molecule has 3 aromatic rings. The van der Waals surface area contributed by atoms with Crippen LogP contribution in [0.2, 0.25) is 0 Å². The number of ether oxygens (including phenoxy) is 3. The van der Waals surface area contributed by atoms with Crippen LogP contribution in [0.5, 0.6) is 17.2 Å². The first-order valence-electron chi connectivity index (χ1n) is 9.13. The molecule has 2 aromatic carbocycles. The van der Waals surface area contributed by atoms with Crippen molar-refractivity contribution in [2.45, 2.75) is 20.0 Å². The van der Waals surface area contributed by atoms with Gasteiger partial charge < -0.3 is 24.8 Å². The Labute approximate surface area is 167 Å². The van der Waals surface area contributed by atoms with Crippen molar-refractivity contribution in [3.8, 4) is 17.2 Å². The van der Waals surface area contributed by atoms with Crippen molar-refractivity contribution in [3.63, 3.8) is 0 Å². The predicted molar refractivity (Wildman–Crippen MR) is 108 cm³/mol. The molecule has 0 aliphatic carbocycles.